The van der Waals surface area contributed by atoms with E-state index in [1.54, 1.807) is 12.4 Å². The Morgan fingerprint density at radius 3 is 3.05 bits per heavy atom. The molecule has 0 radical (unpaired) electrons. The van der Waals surface area contributed by atoms with Crippen molar-refractivity contribution >= 4 is 5.91 Å². The van der Waals surface area contributed by atoms with E-state index in [1.807, 2.05) is 23.9 Å². The number of amides is 1. The third kappa shape index (κ3) is 2.42. The van der Waals surface area contributed by atoms with E-state index in [2.05, 4.69) is 20.7 Å². The van der Waals surface area contributed by atoms with Crippen LogP contribution in [0, 0.1) is 0 Å². The normalized spacial score (nSPS) is 13.8. The van der Waals surface area contributed by atoms with Crippen LogP contribution in [0.1, 0.15) is 27.3 Å². The molecule has 0 atom stereocenters. The molecule has 0 spiro atoms. The summed E-state index contributed by atoms with van der Waals surface area (Å²) in [7, 11) is 1.89. The maximum absolute atomic E-state index is 12.3. The standard InChI is InChI=1S/C14H17N5O/c1-19-12-4-7-16-9-11(12)13(18-19)14(20)17-8-10-2-5-15-6-3-10/h2-3,5-6,16H,4,7-9H2,1H3,(H,17,20). The van der Waals surface area contributed by atoms with Crippen LogP contribution in [0.4, 0.5) is 0 Å². The fraction of sp³-hybridized carbons (Fsp3) is 0.357. The Hall–Kier alpha value is -2.21. The van der Waals surface area contributed by atoms with Crippen molar-refractivity contribution in [1.29, 1.82) is 0 Å². The Morgan fingerprint density at radius 1 is 1.45 bits per heavy atom. The number of nitrogens with one attached hydrogen (secondary N) is 2. The molecule has 1 amide bonds. The highest BCUT2D eigenvalue weighted by atomic mass is 16.1. The summed E-state index contributed by atoms with van der Waals surface area (Å²) in [6.45, 7) is 2.13. The minimum Gasteiger partial charge on any atom is -0.347 e. The van der Waals surface area contributed by atoms with Gasteiger partial charge in [0.05, 0.1) is 0 Å². The van der Waals surface area contributed by atoms with Crippen molar-refractivity contribution in [2.75, 3.05) is 6.54 Å². The molecule has 0 aliphatic carbocycles. The van der Waals surface area contributed by atoms with Gasteiger partial charge in [-0.1, -0.05) is 0 Å². The van der Waals surface area contributed by atoms with Crippen molar-refractivity contribution in [2.45, 2.75) is 19.5 Å². The number of pyridine rings is 1. The number of rotatable bonds is 3. The third-order valence-electron chi connectivity index (χ3n) is 3.53. The highest BCUT2D eigenvalue weighted by molar-refractivity contribution is 5.94. The zero-order chi connectivity index (χ0) is 13.9. The lowest BCUT2D eigenvalue weighted by Crippen LogP contribution is -2.28. The van der Waals surface area contributed by atoms with Crippen LogP contribution in [0.5, 0.6) is 0 Å². The molecule has 6 nitrogen and oxygen atoms in total. The van der Waals surface area contributed by atoms with E-state index in [0.29, 0.717) is 18.8 Å². The van der Waals surface area contributed by atoms with Gasteiger partial charge in [-0.3, -0.25) is 14.5 Å². The Balaban J connectivity index is 1.74. The molecular formula is C14H17N5O. The lowest BCUT2D eigenvalue weighted by molar-refractivity contribution is 0.0944. The first-order valence-electron chi connectivity index (χ1n) is 6.68. The fourth-order valence-electron chi connectivity index (χ4n) is 2.47. The van der Waals surface area contributed by atoms with Gasteiger partial charge < -0.3 is 10.6 Å². The third-order valence-corrected chi connectivity index (χ3v) is 3.53. The summed E-state index contributed by atoms with van der Waals surface area (Å²) < 4.78 is 1.82. The van der Waals surface area contributed by atoms with Crippen molar-refractivity contribution in [1.82, 2.24) is 25.4 Å². The van der Waals surface area contributed by atoms with E-state index in [0.717, 1.165) is 29.8 Å². The number of fused-ring (bicyclic) bond motifs is 1. The summed E-state index contributed by atoms with van der Waals surface area (Å²) in [6.07, 6.45) is 4.35. The predicted octanol–water partition coefficient (Wildman–Crippen LogP) is 0.391. The summed E-state index contributed by atoms with van der Waals surface area (Å²) in [4.78, 5) is 16.2. The van der Waals surface area contributed by atoms with E-state index in [9.17, 15) is 4.79 Å². The van der Waals surface area contributed by atoms with E-state index in [4.69, 9.17) is 0 Å². The molecule has 6 heteroatoms. The van der Waals surface area contributed by atoms with Gasteiger partial charge in [0.1, 0.15) is 0 Å². The summed E-state index contributed by atoms with van der Waals surface area (Å²) in [5.41, 5.74) is 3.73. The molecule has 3 rings (SSSR count). The number of aromatic nitrogens is 3. The molecule has 104 valence electrons. The molecule has 0 aromatic carbocycles. The van der Waals surface area contributed by atoms with Gasteiger partial charge in [-0.15, -0.1) is 0 Å². The van der Waals surface area contributed by atoms with Gasteiger partial charge in [0.25, 0.3) is 5.91 Å². The lowest BCUT2D eigenvalue weighted by atomic mass is 10.1. The minimum atomic E-state index is -0.123. The summed E-state index contributed by atoms with van der Waals surface area (Å²) in [6, 6.07) is 3.77. The Morgan fingerprint density at radius 2 is 2.25 bits per heavy atom. The van der Waals surface area contributed by atoms with E-state index >= 15 is 0 Å². The number of hydrogen-bond donors (Lipinski definition) is 2. The Bertz CT molecular complexity index is 620. The van der Waals surface area contributed by atoms with Crippen molar-refractivity contribution in [3.8, 4) is 0 Å². The van der Waals surface area contributed by atoms with E-state index in [-0.39, 0.29) is 5.91 Å². The summed E-state index contributed by atoms with van der Waals surface area (Å²) in [5, 5.41) is 10.5. The molecule has 2 N–H and O–H groups in total. The molecule has 0 unspecified atom stereocenters. The van der Waals surface area contributed by atoms with Crippen LogP contribution >= 0.6 is 0 Å². The van der Waals surface area contributed by atoms with Gasteiger partial charge in [0.15, 0.2) is 5.69 Å². The van der Waals surface area contributed by atoms with Gasteiger partial charge >= 0.3 is 0 Å². The van der Waals surface area contributed by atoms with Gasteiger partial charge in [-0.25, -0.2) is 0 Å². The van der Waals surface area contributed by atoms with E-state index < -0.39 is 0 Å². The largest absolute Gasteiger partial charge is 0.347 e. The van der Waals surface area contributed by atoms with Crippen molar-refractivity contribution < 1.29 is 4.79 Å². The van der Waals surface area contributed by atoms with Crippen molar-refractivity contribution in [3.05, 3.63) is 47.0 Å². The average molecular weight is 271 g/mol. The second-order valence-electron chi connectivity index (χ2n) is 4.86. The number of hydrogen-bond acceptors (Lipinski definition) is 4. The fourth-order valence-corrected chi connectivity index (χ4v) is 2.47. The summed E-state index contributed by atoms with van der Waals surface area (Å²) in [5.74, 6) is -0.123. The molecule has 3 heterocycles. The number of aryl methyl sites for hydroxylation is 1. The highest BCUT2D eigenvalue weighted by Crippen LogP contribution is 2.17. The van der Waals surface area contributed by atoms with Crippen LogP contribution in [0.15, 0.2) is 24.5 Å². The van der Waals surface area contributed by atoms with Crippen molar-refractivity contribution in [3.63, 3.8) is 0 Å². The van der Waals surface area contributed by atoms with Crippen LogP contribution in [0.2, 0.25) is 0 Å². The molecule has 0 bridgehead atoms. The lowest BCUT2D eigenvalue weighted by Gasteiger charge is -2.14. The first-order chi connectivity index (χ1) is 9.75. The zero-order valence-electron chi connectivity index (χ0n) is 11.4. The maximum atomic E-state index is 12.3. The van der Waals surface area contributed by atoms with Crippen LogP contribution in [0.3, 0.4) is 0 Å². The second kappa shape index (κ2) is 5.42. The SMILES string of the molecule is Cn1nc(C(=O)NCc2ccncc2)c2c1CCNC2. The zero-order valence-corrected chi connectivity index (χ0v) is 11.4. The van der Waals surface area contributed by atoms with Gasteiger partial charge in [-0.05, 0) is 17.7 Å². The van der Waals surface area contributed by atoms with Gasteiger partial charge in [0.2, 0.25) is 0 Å². The number of carbonyl (C=O) groups is 1. The smallest absolute Gasteiger partial charge is 0.272 e. The first-order valence-corrected chi connectivity index (χ1v) is 6.68. The first kappa shape index (κ1) is 12.8. The molecule has 0 saturated carbocycles. The van der Waals surface area contributed by atoms with Crippen LogP contribution in [-0.2, 0) is 26.6 Å². The quantitative estimate of drug-likeness (QED) is 0.847. The summed E-state index contributed by atoms with van der Waals surface area (Å²) >= 11 is 0. The molecule has 1 aliphatic heterocycles. The van der Waals surface area contributed by atoms with E-state index in [1.165, 1.54) is 0 Å². The predicted molar refractivity (Wildman–Crippen MR) is 74.0 cm³/mol. The molecule has 2 aromatic heterocycles. The second-order valence-corrected chi connectivity index (χ2v) is 4.86. The Labute approximate surface area is 117 Å². The molecule has 0 fully saturated rings. The molecule has 1 aliphatic rings. The minimum absolute atomic E-state index is 0.123. The Kier molecular flexibility index (Phi) is 3.47. The molecule has 0 saturated heterocycles. The molecule has 2 aromatic rings. The number of carbonyl (C=O) groups excluding carboxylic acids is 1. The maximum Gasteiger partial charge on any atom is 0.272 e. The average Bonchev–Trinajstić information content (AvgIpc) is 2.84. The van der Waals surface area contributed by atoms with Crippen LogP contribution < -0.4 is 10.6 Å². The van der Waals surface area contributed by atoms with Gasteiger partial charge in [0, 0.05) is 56.8 Å². The molecular weight excluding hydrogens is 254 g/mol. The number of nitrogens with zero attached hydrogens (tertiary/aromatic N) is 3. The van der Waals surface area contributed by atoms with Crippen molar-refractivity contribution in [2.24, 2.45) is 7.05 Å². The van der Waals surface area contributed by atoms with Crippen LogP contribution in [0.25, 0.3) is 0 Å². The molecule has 20 heavy (non-hydrogen) atoms. The van der Waals surface area contributed by atoms with Gasteiger partial charge in [-0.2, -0.15) is 5.10 Å². The highest BCUT2D eigenvalue weighted by Gasteiger charge is 2.23. The van der Waals surface area contributed by atoms with Crippen LogP contribution in [-0.4, -0.2) is 27.2 Å². The topological polar surface area (TPSA) is 71.8 Å². The monoisotopic (exact) mass is 271 g/mol.